The molecular formula is C10H12BrNO3S. The van der Waals surface area contributed by atoms with Gasteiger partial charge in [0, 0.05) is 17.0 Å². The molecule has 16 heavy (non-hydrogen) atoms. The van der Waals surface area contributed by atoms with Gasteiger partial charge in [0.1, 0.15) is 0 Å². The molecule has 4 nitrogen and oxygen atoms in total. The zero-order chi connectivity index (χ0) is 12.3. The highest BCUT2D eigenvalue weighted by Gasteiger charge is 2.28. The average molecular weight is 306 g/mol. The Hall–Kier alpha value is -0.880. The van der Waals surface area contributed by atoms with Crippen molar-refractivity contribution in [3.63, 3.8) is 0 Å². The molecule has 0 bridgehead atoms. The van der Waals surface area contributed by atoms with Gasteiger partial charge in [0.2, 0.25) is 0 Å². The third-order valence-electron chi connectivity index (χ3n) is 2.09. The molecule has 1 aromatic rings. The van der Waals surface area contributed by atoms with Crippen LogP contribution in [0, 0.1) is 0 Å². The molecule has 1 rings (SSSR count). The summed E-state index contributed by atoms with van der Waals surface area (Å²) in [6, 6.07) is 6.25. The number of halogens is 1. The van der Waals surface area contributed by atoms with Gasteiger partial charge in [-0.15, -0.1) is 0 Å². The molecule has 0 radical (unpaired) electrons. The van der Waals surface area contributed by atoms with Crippen molar-refractivity contribution in [2.75, 3.05) is 11.5 Å². The van der Waals surface area contributed by atoms with Crippen LogP contribution in [-0.4, -0.2) is 24.1 Å². The minimum absolute atomic E-state index is 0.0863. The van der Waals surface area contributed by atoms with E-state index < -0.39 is 19.8 Å². The fraction of sp³-hybridized carbons (Fsp3) is 0.300. The van der Waals surface area contributed by atoms with E-state index in [1.165, 1.54) is 19.1 Å². The zero-order valence-electron chi connectivity index (χ0n) is 8.68. The number of sulfone groups is 1. The first-order chi connectivity index (χ1) is 7.38. The lowest BCUT2D eigenvalue weighted by atomic mass is 10.1. The molecule has 0 saturated heterocycles. The molecule has 6 heteroatoms. The fourth-order valence-electron chi connectivity index (χ4n) is 1.13. The molecule has 0 spiro atoms. The number of benzene rings is 1. The number of hydrogen-bond acceptors (Lipinski definition) is 4. The lowest BCUT2D eigenvalue weighted by molar-refractivity contribution is 0.101. The van der Waals surface area contributed by atoms with Crippen LogP contribution in [0.15, 0.2) is 24.3 Å². The maximum atomic E-state index is 11.8. The van der Waals surface area contributed by atoms with Gasteiger partial charge in [0.05, 0.1) is 0 Å². The van der Waals surface area contributed by atoms with Crippen LogP contribution in [0.5, 0.6) is 0 Å². The van der Waals surface area contributed by atoms with Gasteiger partial charge in [-0.25, -0.2) is 8.42 Å². The third-order valence-corrected chi connectivity index (χ3v) is 5.87. The minimum Gasteiger partial charge on any atom is -0.399 e. The van der Waals surface area contributed by atoms with Crippen molar-refractivity contribution in [1.82, 2.24) is 0 Å². The molecule has 0 aromatic heterocycles. The van der Waals surface area contributed by atoms with Crippen LogP contribution in [0.25, 0.3) is 0 Å². The molecule has 0 fully saturated rings. The summed E-state index contributed by atoms with van der Waals surface area (Å²) >= 11 is 2.91. The smallest absolute Gasteiger partial charge is 0.191 e. The van der Waals surface area contributed by atoms with E-state index in [9.17, 15) is 13.2 Å². The lowest BCUT2D eigenvalue weighted by Gasteiger charge is -2.09. The van der Waals surface area contributed by atoms with E-state index in [-0.39, 0.29) is 5.75 Å². The number of hydrogen-bond donors (Lipinski definition) is 1. The molecule has 0 aliphatic heterocycles. The molecule has 0 heterocycles. The number of alkyl halides is 1. The second-order valence-electron chi connectivity index (χ2n) is 3.26. The molecule has 0 aliphatic rings. The Morgan fingerprint density at radius 2 is 2.12 bits per heavy atom. The number of carbonyl (C=O) groups excluding carboxylic acids is 1. The van der Waals surface area contributed by atoms with Crippen molar-refractivity contribution in [3.8, 4) is 0 Å². The third kappa shape index (κ3) is 2.82. The first-order valence-electron chi connectivity index (χ1n) is 4.64. The van der Waals surface area contributed by atoms with Gasteiger partial charge < -0.3 is 5.73 Å². The van der Waals surface area contributed by atoms with Gasteiger partial charge in [-0.1, -0.05) is 35.0 Å². The van der Waals surface area contributed by atoms with Crippen LogP contribution < -0.4 is 5.73 Å². The predicted octanol–water partition coefficient (Wildman–Crippen LogP) is 1.61. The molecule has 0 amide bonds. The van der Waals surface area contributed by atoms with E-state index in [2.05, 4.69) is 15.9 Å². The average Bonchev–Trinajstić information content (AvgIpc) is 2.27. The summed E-state index contributed by atoms with van der Waals surface area (Å²) in [6.45, 7) is 1.50. The van der Waals surface area contributed by atoms with Gasteiger partial charge >= 0.3 is 0 Å². The van der Waals surface area contributed by atoms with Crippen molar-refractivity contribution in [1.29, 1.82) is 0 Å². The second-order valence-corrected chi connectivity index (χ2v) is 7.15. The van der Waals surface area contributed by atoms with E-state index in [0.717, 1.165) is 0 Å². The normalized spacial score (nSPS) is 13.4. The van der Waals surface area contributed by atoms with E-state index >= 15 is 0 Å². The summed E-state index contributed by atoms with van der Waals surface area (Å²) in [7, 11) is -3.43. The summed E-state index contributed by atoms with van der Waals surface area (Å²) in [5, 5.41) is 0. The number of rotatable bonds is 4. The topological polar surface area (TPSA) is 77.2 Å². The number of anilines is 1. The van der Waals surface area contributed by atoms with Gasteiger partial charge in [-0.05, 0) is 12.1 Å². The summed E-state index contributed by atoms with van der Waals surface area (Å²) in [5.74, 6) is -0.578. The number of nitrogens with two attached hydrogens (primary N) is 1. The van der Waals surface area contributed by atoms with Gasteiger partial charge in [-0.2, -0.15) is 0 Å². The van der Waals surface area contributed by atoms with Gasteiger partial charge in [0.15, 0.2) is 19.8 Å². The Labute approximate surface area is 103 Å². The Morgan fingerprint density at radius 3 is 2.62 bits per heavy atom. The van der Waals surface area contributed by atoms with Crippen LogP contribution in [0.2, 0.25) is 0 Å². The van der Waals surface area contributed by atoms with Crippen LogP contribution in [0.3, 0.4) is 0 Å². The standard InChI is InChI=1S/C10H12BrNO3S/c1-2-16(14,15)10(11)9(13)7-4-3-5-8(12)6-7/h3-6,10H,2,12H2,1H3/t10-/m1/s1. The van der Waals surface area contributed by atoms with Crippen molar-refractivity contribution >= 4 is 37.2 Å². The van der Waals surface area contributed by atoms with Crippen molar-refractivity contribution in [3.05, 3.63) is 29.8 Å². The molecule has 88 valence electrons. The number of Topliss-reactive ketones (excluding diaryl/α,β-unsaturated/α-hetero) is 1. The Morgan fingerprint density at radius 1 is 1.50 bits per heavy atom. The van der Waals surface area contributed by atoms with E-state index in [4.69, 9.17) is 5.73 Å². The maximum Gasteiger partial charge on any atom is 0.191 e. The Kier molecular flexibility index (Phi) is 4.09. The fourth-order valence-corrected chi connectivity index (χ4v) is 2.94. The molecule has 2 N–H and O–H groups in total. The van der Waals surface area contributed by atoms with Gasteiger partial charge in [-0.3, -0.25) is 4.79 Å². The molecule has 1 atom stereocenters. The number of carbonyl (C=O) groups is 1. The predicted molar refractivity (Wildman–Crippen MR) is 67.4 cm³/mol. The van der Waals surface area contributed by atoms with Crippen molar-refractivity contribution in [2.24, 2.45) is 0 Å². The minimum atomic E-state index is -3.43. The molecule has 0 aliphatic carbocycles. The van der Waals surface area contributed by atoms with Crippen LogP contribution in [0.1, 0.15) is 17.3 Å². The zero-order valence-corrected chi connectivity index (χ0v) is 11.1. The SMILES string of the molecule is CCS(=O)(=O)[C@@H](Br)C(=O)c1cccc(N)c1. The lowest BCUT2D eigenvalue weighted by Crippen LogP contribution is -2.26. The molecule has 1 aromatic carbocycles. The number of nitrogen functional groups attached to an aromatic ring is 1. The summed E-state index contributed by atoms with van der Waals surface area (Å²) in [5.41, 5.74) is 6.24. The van der Waals surface area contributed by atoms with Gasteiger partial charge in [0.25, 0.3) is 0 Å². The van der Waals surface area contributed by atoms with Crippen LogP contribution in [-0.2, 0) is 9.84 Å². The van der Waals surface area contributed by atoms with Crippen molar-refractivity contribution < 1.29 is 13.2 Å². The molecule has 0 unspecified atom stereocenters. The quantitative estimate of drug-likeness (QED) is 0.521. The van der Waals surface area contributed by atoms with E-state index in [1.807, 2.05) is 0 Å². The van der Waals surface area contributed by atoms with Crippen LogP contribution in [0.4, 0.5) is 5.69 Å². The highest BCUT2D eigenvalue weighted by Crippen LogP contribution is 2.18. The first kappa shape index (κ1) is 13.2. The van der Waals surface area contributed by atoms with Crippen LogP contribution >= 0.6 is 15.9 Å². The summed E-state index contributed by atoms with van der Waals surface area (Å²) in [6.07, 6.45) is 0. The largest absolute Gasteiger partial charge is 0.399 e. The number of ketones is 1. The van der Waals surface area contributed by atoms with Crippen molar-refractivity contribution in [2.45, 2.75) is 11.1 Å². The van der Waals surface area contributed by atoms with E-state index in [0.29, 0.717) is 11.3 Å². The molecule has 0 saturated carbocycles. The van der Waals surface area contributed by atoms with E-state index in [1.54, 1.807) is 12.1 Å². The highest BCUT2D eigenvalue weighted by atomic mass is 79.9. The summed E-state index contributed by atoms with van der Waals surface area (Å²) in [4.78, 5) is 11.8. The monoisotopic (exact) mass is 305 g/mol. The highest BCUT2D eigenvalue weighted by molar-refractivity contribution is 9.11. The molecular weight excluding hydrogens is 294 g/mol. The maximum absolute atomic E-state index is 11.8. The Bertz CT molecular complexity index is 499. The first-order valence-corrected chi connectivity index (χ1v) is 7.27. The Balaban J connectivity index is 3.04. The second kappa shape index (κ2) is 4.97. The summed E-state index contributed by atoms with van der Waals surface area (Å²) < 4.78 is 21.8.